The Kier molecular flexibility index (Phi) is 10.9. The third kappa shape index (κ3) is 7.24. The summed E-state index contributed by atoms with van der Waals surface area (Å²) < 4.78 is 10.7. The molecule has 0 saturated carbocycles. The lowest BCUT2D eigenvalue weighted by molar-refractivity contribution is 0.354. The van der Waals surface area contributed by atoms with Crippen LogP contribution < -0.4 is 14.8 Å². The molecule has 0 atom stereocenters. The van der Waals surface area contributed by atoms with Crippen LogP contribution in [0.5, 0.6) is 11.5 Å². The van der Waals surface area contributed by atoms with Gasteiger partial charge in [0, 0.05) is 38.5 Å². The quantitative estimate of drug-likeness (QED) is 0.215. The fraction of sp³-hybridized carbons (Fsp3) is 0.565. The zero-order chi connectivity index (χ0) is 21.3. The van der Waals surface area contributed by atoms with E-state index >= 15 is 0 Å². The second kappa shape index (κ2) is 13.1. The first-order valence-electron chi connectivity index (χ1n) is 10.7. The lowest BCUT2D eigenvalue weighted by Gasteiger charge is -2.22. The van der Waals surface area contributed by atoms with Crippen LogP contribution in [0.15, 0.2) is 23.2 Å². The van der Waals surface area contributed by atoms with Crippen molar-refractivity contribution in [1.82, 2.24) is 15.2 Å². The van der Waals surface area contributed by atoms with E-state index in [9.17, 15) is 0 Å². The summed E-state index contributed by atoms with van der Waals surface area (Å²) in [4.78, 5) is 13.0. The molecule has 6 nitrogen and oxygen atoms in total. The first-order valence-corrected chi connectivity index (χ1v) is 11.6. The number of halogens is 1. The summed E-state index contributed by atoms with van der Waals surface area (Å²) in [6.07, 6.45) is 8.02. The minimum absolute atomic E-state index is 0. The van der Waals surface area contributed by atoms with Crippen molar-refractivity contribution in [2.24, 2.45) is 4.99 Å². The maximum Gasteiger partial charge on any atom is 0.193 e. The molecule has 0 saturated heterocycles. The van der Waals surface area contributed by atoms with Gasteiger partial charge in [-0.15, -0.1) is 35.3 Å². The van der Waals surface area contributed by atoms with E-state index < -0.39 is 0 Å². The highest BCUT2D eigenvalue weighted by Crippen LogP contribution is 2.28. The van der Waals surface area contributed by atoms with Gasteiger partial charge in [0.05, 0.1) is 24.9 Å². The van der Waals surface area contributed by atoms with Crippen LogP contribution in [0, 0.1) is 0 Å². The second-order valence-corrected chi connectivity index (χ2v) is 8.79. The van der Waals surface area contributed by atoms with Gasteiger partial charge in [-0.05, 0) is 56.2 Å². The summed E-state index contributed by atoms with van der Waals surface area (Å²) in [6.45, 7) is 1.77. The topological polar surface area (TPSA) is 59.0 Å². The van der Waals surface area contributed by atoms with E-state index in [1.54, 1.807) is 14.2 Å². The van der Waals surface area contributed by atoms with Crippen LogP contribution in [-0.2, 0) is 25.7 Å². The van der Waals surface area contributed by atoms with E-state index in [4.69, 9.17) is 14.5 Å². The molecule has 0 spiro atoms. The monoisotopic (exact) mass is 558 g/mol. The van der Waals surface area contributed by atoms with Crippen LogP contribution in [0.2, 0.25) is 0 Å². The van der Waals surface area contributed by atoms with E-state index in [1.165, 1.54) is 46.8 Å². The molecule has 8 heteroatoms. The Morgan fingerprint density at radius 2 is 1.94 bits per heavy atom. The Bertz CT molecular complexity index is 833. The largest absolute Gasteiger partial charge is 0.493 e. The van der Waals surface area contributed by atoms with Crippen molar-refractivity contribution in [3.63, 3.8) is 0 Å². The number of hydrogen-bond donors (Lipinski definition) is 1. The van der Waals surface area contributed by atoms with Gasteiger partial charge in [-0.25, -0.2) is 4.98 Å². The second-order valence-electron chi connectivity index (χ2n) is 7.62. The first kappa shape index (κ1) is 25.7. The number of nitrogens with one attached hydrogen (secondary N) is 1. The number of aromatic nitrogens is 1. The summed E-state index contributed by atoms with van der Waals surface area (Å²) >= 11 is 1.92. The van der Waals surface area contributed by atoms with Crippen LogP contribution in [-0.4, -0.2) is 57.2 Å². The summed E-state index contributed by atoms with van der Waals surface area (Å²) in [7, 11) is 7.24. The highest BCUT2D eigenvalue weighted by Gasteiger charge is 2.15. The molecule has 1 N–H and O–H groups in total. The lowest BCUT2D eigenvalue weighted by atomic mass is 10.0. The fourth-order valence-corrected chi connectivity index (χ4v) is 4.97. The molecular weight excluding hydrogens is 523 g/mol. The molecule has 1 heterocycles. The number of ether oxygens (including phenoxy) is 2. The number of benzene rings is 1. The van der Waals surface area contributed by atoms with Crippen molar-refractivity contribution in [2.45, 2.75) is 44.9 Å². The molecule has 0 unspecified atom stereocenters. The number of thiazole rings is 1. The Morgan fingerprint density at radius 1 is 1.16 bits per heavy atom. The summed E-state index contributed by atoms with van der Waals surface area (Å²) in [6, 6.07) is 6.08. The molecule has 1 aliphatic carbocycles. The average molecular weight is 559 g/mol. The smallest absolute Gasteiger partial charge is 0.193 e. The van der Waals surface area contributed by atoms with Crippen LogP contribution >= 0.6 is 35.3 Å². The molecule has 3 rings (SSSR count). The number of rotatable bonds is 9. The highest BCUT2D eigenvalue weighted by atomic mass is 127. The minimum atomic E-state index is 0. The van der Waals surface area contributed by atoms with Crippen molar-refractivity contribution in [3.05, 3.63) is 39.3 Å². The predicted octanol–water partition coefficient (Wildman–Crippen LogP) is 4.34. The van der Waals surface area contributed by atoms with Crippen molar-refractivity contribution >= 4 is 41.3 Å². The van der Waals surface area contributed by atoms with Crippen molar-refractivity contribution < 1.29 is 9.47 Å². The van der Waals surface area contributed by atoms with Gasteiger partial charge in [0.2, 0.25) is 0 Å². The van der Waals surface area contributed by atoms with E-state index in [0.29, 0.717) is 0 Å². The number of nitrogens with zero attached hydrogens (tertiary/aromatic N) is 3. The highest BCUT2D eigenvalue weighted by molar-refractivity contribution is 14.0. The molecule has 172 valence electrons. The number of likely N-dealkylation sites (N-methyl/N-ethyl adjacent to an activating group) is 1. The van der Waals surface area contributed by atoms with E-state index in [2.05, 4.69) is 28.3 Å². The van der Waals surface area contributed by atoms with Gasteiger partial charge >= 0.3 is 0 Å². The number of hydrogen-bond acceptors (Lipinski definition) is 5. The van der Waals surface area contributed by atoms with Gasteiger partial charge in [0.1, 0.15) is 0 Å². The molecule has 0 amide bonds. The number of methoxy groups -OCH3 is 2. The third-order valence-electron chi connectivity index (χ3n) is 5.50. The predicted molar refractivity (Wildman–Crippen MR) is 140 cm³/mol. The van der Waals surface area contributed by atoms with Gasteiger partial charge in [-0.3, -0.25) is 4.99 Å². The van der Waals surface area contributed by atoms with E-state index in [1.807, 2.05) is 30.5 Å². The SMILES string of the molecule is CN=C(NCCCc1nc2c(s1)CCCC2)N(C)CCc1ccc(OC)c(OC)c1.I. The normalized spacial score (nSPS) is 13.2. The summed E-state index contributed by atoms with van der Waals surface area (Å²) in [5.41, 5.74) is 2.57. The van der Waals surface area contributed by atoms with E-state index in [0.717, 1.165) is 49.8 Å². The standard InChI is InChI=1S/C23H34N4O2S.HI/c1-24-23(25-14-7-10-22-26-18-8-5-6-9-21(18)30-22)27(2)15-13-17-11-12-19(28-3)20(16-17)29-4;/h11-12,16H,5-10,13-15H2,1-4H3,(H,24,25);1H. The van der Waals surface area contributed by atoms with Gasteiger partial charge in [-0.2, -0.15) is 0 Å². The van der Waals surface area contributed by atoms with E-state index in [-0.39, 0.29) is 24.0 Å². The maximum atomic E-state index is 5.40. The number of fused-ring (bicyclic) bond motifs is 1. The van der Waals surface area contributed by atoms with Crippen molar-refractivity contribution in [1.29, 1.82) is 0 Å². The molecule has 0 bridgehead atoms. The first-order chi connectivity index (χ1) is 14.6. The van der Waals surface area contributed by atoms with Crippen LogP contribution in [0.1, 0.15) is 40.4 Å². The number of aliphatic imine (C=N–C) groups is 1. The Hall–Kier alpha value is -1.55. The zero-order valence-corrected chi connectivity index (χ0v) is 22.2. The van der Waals surface area contributed by atoms with Crippen LogP contribution in [0.25, 0.3) is 0 Å². The summed E-state index contributed by atoms with van der Waals surface area (Å²) in [5, 5.41) is 4.78. The van der Waals surface area contributed by atoms with Gasteiger partial charge in [0.15, 0.2) is 17.5 Å². The Labute approximate surface area is 207 Å². The molecule has 1 aromatic heterocycles. The lowest BCUT2D eigenvalue weighted by Crippen LogP contribution is -2.40. The molecule has 31 heavy (non-hydrogen) atoms. The minimum Gasteiger partial charge on any atom is -0.493 e. The van der Waals surface area contributed by atoms with Gasteiger partial charge < -0.3 is 19.7 Å². The maximum absolute atomic E-state index is 5.40. The Morgan fingerprint density at radius 3 is 2.65 bits per heavy atom. The molecule has 1 aliphatic rings. The number of aryl methyl sites for hydroxylation is 3. The molecule has 0 fully saturated rings. The average Bonchev–Trinajstić information content (AvgIpc) is 3.20. The van der Waals surface area contributed by atoms with Crippen LogP contribution in [0.3, 0.4) is 0 Å². The van der Waals surface area contributed by atoms with Crippen LogP contribution in [0.4, 0.5) is 0 Å². The molecule has 1 aromatic carbocycles. The Balaban J connectivity index is 0.00000341. The fourth-order valence-electron chi connectivity index (χ4n) is 3.78. The van der Waals surface area contributed by atoms with Gasteiger partial charge in [0.25, 0.3) is 0 Å². The van der Waals surface area contributed by atoms with Crippen molar-refractivity contribution in [3.8, 4) is 11.5 Å². The molecular formula is C23H35IN4O2S. The molecule has 0 radical (unpaired) electrons. The van der Waals surface area contributed by atoms with Crippen molar-refractivity contribution in [2.75, 3.05) is 41.4 Å². The molecule has 0 aliphatic heterocycles. The summed E-state index contributed by atoms with van der Waals surface area (Å²) in [5.74, 6) is 2.45. The third-order valence-corrected chi connectivity index (χ3v) is 6.71. The number of guanidine groups is 1. The zero-order valence-electron chi connectivity index (χ0n) is 19.1. The molecule has 2 aromatic rings. The van der Waals surface area contributed by atoms with Gasteiger partial charge in [-0.1, -0.05) is 6.07 Å².